The quantitative estimate of drug-likeness (QED) is 0.119. The number of aliphatic imine (C=N–C) groups is 1. The molecule has 4 aromatic rings. The van der Waals surface area contributed by atoms with Gasteiger partial charge in [-0.1, -0.05) is 56.2 Å². The Morgan fingerprint density at radius 3 is 2.31 bits per heavy atom. The van der Waals surface area contributed by atoms with Gasteiger partial charge in [0.25, 0.3) is 5.91 Å². The fourth-order valence-electron chi connectivity index (χ4n) is 4.77. The number of amidine groups is 1. The van der Waals surface area contributed by atoms with Gasteiger partial charge < -0.3 is 26.2 Å². The number of benzene rings is 4. The number of anilines is 3. The van der Waals surface area contributed by atoms with Gasteiger partial charge in [0.05, 0.1) is 22.2 Å². The van der Waals surface area contributed by atoms with Gasteiger partial charge in [-0.05, 0) is 71.6 Å². The van der Waals surface area contributed by atoms with Gasteiger partial charge in [-0.2, -0.15) is 0 Å². The number of terminal acetylenes is 1. The highest BCUT2D eigenvalue weighted by Crippen LogP contribution is 2.38. The minimum atomic E-state index is -3.67. The zero-order valence-electron chi connectivity index (χ0n) is 26.8. The van der Waals surface area contributed by atoms with Crippen LogP contribution in [0.15, 0.2) is 106 Å². The number of rotatable bonds is 10. The molecule has 0 aromatic heterocycles. The highest BCUT2D eigenvalue weighted by molar-refractivity contribution is 7.91. The third kappa shape index (κ3) is 9.68. The molecule has 7 N–H and O–H groups in total. The van der Waals surface area contributed by atoms with E-state index in [4.69, 9.17) is 32.1 Å². The summed E-state index contributed by atoms with van der Waals surface area (Å²) >= 11 is 0. The second kappa shape index (κ2) is 15.8. The molecule has 0 fully saturated rings. The second-order valence-electron chi connectivity index (χ2n) is 11.2. The second-order valence-corrected chi connectivity index (χ2v) is 14.9. The molecular formula is C35H37N5O7S2. The average molecular weight is 704 g/mol. The lowest BCUT2D eigenvalue weighted by Crippen LogP contribution is -2.33. The largest absolute Gasteiger partial charge is 0.481 e. The maximum Gasteiger partial charge on any atom is 0.291 e. The Balaban J connectivity index is 0.000000418. The number of amides is 1. The number of aliphatic hydroxyl groups is 1. The molecule has 49 heavy (non-hydrogen) atoms. The number of ether oxygens (including phenoxy) is 1. The maximum atomic E-state index is 13.3. The number of nitrogens with two attached hydrogens (primary N) is 2. The lowest BCUT2D eigenvalue weighted by Gasteiger charge is -2.26. The van der Waals surface area contributed by atoms with Crippen LogP contribution < -0.4 is 26.2 Å². The van der Waals surface area contributed by atoms with Crippen molar-refractivity contribution >= 4 is 48.7 Å². The first kappa shape index (κ1) is 36.6. The van der Waals surface area contributed by atoms with E-state index in [1.54, 1.807) is 24.3 Å². The fourth-order valence-corrected chi connectivity index (χ4v) is 6.41. The molecule has 0 spiro atoms. The summed E-state index contributed by atoms with van der Waals surface area (Å²) in [4.78, 5) is 18.0. The summed E-state index contributed by atoms with van der Waals surface area (Å²) in [5, 5.41) is 19.7. The van der Waals surface area contributed by atoms with Crippen molar-refractivity contribution in [3.8, 4) is 18.1 Å². The first-order valence-corrected chi connectivity index (χ1v) is 18.2. The average Bonchev–Trinajstić information content (AvgIpc) is 3.07. The summed E-state index contributed by atoms with van der Waals surface area (Å²) in [5.74, 6) is 2.57. The van der Waals surface area contributed by atoms with Gasteiger partial charge in [0.15, 0.2) is 15.7 Å². The number of nitrogens with zero attached hydrogens (tertiary/aromatic N) is 1. The Hall–Kier alpha value is -5.20. The van der Waals surface area contributed by atoms with E-state index in [9.17, 15) is 21.6 Å². The lowest BCUT2D eigenvalue weighted by molar-refractivity contribution is -0.110. The summed E-state index contributed by atoms with van der Waals surface area (Å²) < 4.78 is 51.7. The Bertz CT molecular complexity index is 2110. The predicted octanol–water partition coefficient (Wildman–Crippen LogP) is 4.06. The number of hydrogen-bond donors (Lipinski definition) is 5. The molecular weight excluding hydrogens is 667 g/mol. The Kier molecular flexibility index (Phi) is 11.8. The minimum Gasteiger partial charge on any atom is -0.481 e. The number of carbonyl (C=O) groups is 1. The van der Waals surface area contributed by atoms with Crippen LogP contribution in [0.1, 0.15) is 42.5 Å². The molecule has 0 bridgehead atoms. The summed E-state index contributed by atoms with van der Waals surface area (Å²) in [6.07, 6.45) is 5.34. The summed E-state index contributed by atoms with van der Waals surface area (Å²) in [6, 6.07) is 24.8. The first-order chi connectivity index (χ1) is 23.2. The van der Waals surface area contributed by atoms with Crippen LogP contribution in [-0.2, 0) is 24.7 Å². The molecule has 1 heterocycles. The van der Waals surface area contributed by atoms with Crippen LogP contribution in [0.25, 0.3) is 0 Å². The Morgan fingerprint density at radius 1 is 1.00 bits per heavy atom. The van der Waals surface area contributed by atoms with E-state index < -0.39 is 44.2 Å². The zero-order chi connectivity index (χ0) is 35.8. The smallest absolute Gasteiger partial charge is 0.291 e. The highest BCUT2D eigenvalue weighted by Gasteiger charge is 2.27. The van der Waals surface area contributed by atoms with Crippen LogP contribution in [0, 0.1) is 12.3 Å². The van der Waals surface area contributed by atoms with Gasteiger partial charge >= 0.3 is 0 Å². The van der Waals surface area contributed by atoms with Gasteiger partial charge in [0.1, 0.15) is 18.4 Å². The van der Waals surface area contributed by atoms with Crippen molar-refractivity contribution < 1.29 is 31.5 Å². The molecule has 1 amide bonds. The number of sulfonamides is 1. The van der Waals surface area contributed by atoms with Gasteiger partial charge in [0.2, 0.25) is 10.0 Å². The Morgan fingerprint density at radius 2 is 1.69 bits per heavy atom. The number of hydrogen-bond acceptors (Lipinski definition) is 10. The molecule has 1 aliphatic heterocycles. The molecule has 1 aliphatic rings. The van der Waals surface area contributed by atoms with Crippen LogP contribution in [0.3, 0.4) is 0 Å². The molecule has 5 rings (SSSR count). The molecule has 0 radical (unpaired) electrons. The van der Waals surface area contributed by atoms with Crippen molar-refractivity contribution in [1.29, 1.82) is 0 Å². The van der Waals surface area contributed by atoms with Crippen LogP contribution in [0.5, 0.6) is 5.75 Å². The molecule has 256 valence electrons. The first-order valence-electron chi connectivity index (χ1n) is 15.0. The number of nitrogen functional groups attached to an aromatic ring is 1. The molecule has 0 saturated heterocycles. The van der Waals surface area contributed by atoms with Crippen molar-refractivity contribution in [3.63, 3.8) is 0 Å². The third-order valence-electron chi connectivity index (χ3n) is 7.28. The van der Waals surface area contributed by atoms with E-state index in [2.05, 4.69) is 30.4 Å². The summed E-state index contributed by atoms with van der Waals surface area (Å²) in [7, 11) is -7.28. The molecule has 0 aliphatic carbocycles. The number of nitrogens with one attached hydrogen (secondary N) is 2. The van der Waals surface area contributed by atoms with Crippen molar-refractivity contribution in [2.75, 3.05) is 35.3 Å². The van der Waals surface area contributed by atoms with Crippen LogP contribution in [-0.4, -0.2) is 52.7 Å². The topological polar surface area (TPSA) is 203 Å². The van der Waals surface area contributed by atoms with Crippen LogP contribution in [0.4, 0.5) is 17.1 Å². The minimum absolute atomic E-state index is 0.0101. The normalized spacial score (nSPS) is 13.9. The number of primary sulfonamides is 1. The van der Waals surface area contributed by atoms with E-state index in [1.807, 2.05) is 30.3 Å². The van der Waals surface area contributed by atoms with Crippen molar-refractivity contribution in [2.45, 2.75) is 35.6 Å². The Labute approximate surface area is 286 Å². The summed E-state index contributed by atoms with van der Waals surface area (Å²) in [5.41, 5.74) is 9.61. The molecule has 1 unspecified atom stereocenters. The zero-order valence-corrected chi connectivity index (χ0v) is 28.5. The van der Waals surface area contributed by atoms with Crippen LogP contribution >= 0.6 is 0 Å². The SMILES string of the molecule is C#CCOc1ccc2c(c1)C(c1ccc(C(C)C)cc1)N=C(C(=O)Nc1cccc(S(=O)(=O)CCO)c1)N2.Nc1cccc(S(N)(=O)=O)c1. The third-order valence-corrected chi connectivity index (χ3v) is 9.89. The lowest BCUT2D eigenvalue weighted by atomic mass is 9.93. The van der Waals surface area contributed by atoms with E-state index >= 15 is 0 Å². The number of aliphatic hydroxyl groups excluding tert-OH is 1. The van der Waals surface area contributed by atoms with E-state index in [1.165, 1.54) is 42.0 Å². The number of sulfone groups is 1. The van der Waals surface area contributed by atoms with E-state index in [-0.39, 0.29) is 22.2 Å². The van der Waals surface area contributed by atoms with Gasteiger partial charge in [0, 0.05) is 22.6 Å². The van der Waals surface area contributed by atoms with Crippen molar-refractivity contribution in [2.24, 2.45) is 10.1 Å². The van der Waals surface area contributed by atoms with Gasteiger partial charge in [-0.15, -0.1) is 6.42 Å². The fraction of sp³-hybridized carbons (Fsp3) is 0.200. The molecule has 0 saturated carbocycles. The molecule has 14 heteroatoms. The van der Waals surface area contributed by atoms with Gasteiger partial charge in [-0.3, -0.25) is 9.79 Å². The standard InChI is InChI=1S/C29H29N3O5S.C6H8N2O2S/c1-4-15-37-23-12-13-26-25(18-23)27(21-10-8-20(9-11-21)19(2)3)32-28(31-26)29(34)30-22-6-5-7-24(17-22)38(35,36)16-14-33;7-5-2-1-3-6(4-5)11(8,9)10/h1,5-13,17-19,27,33H,14-16H2,2-3H3,(H,30,34)(H,31,32);1-4H,7H2,(H2,8,9,10). The highest BCUT2D eigenvalue weighted by atomic mass is 32.2. The predicted molar refractivity (Wildman–Crippen MR) is 191 cm³/mol. The van der Waals surface area contributed by atoms with Crippen molar-refractivity contribution in [3.05, 3.63) is 108 Å². The van der Waals surface area contributed by atoms with E-state index in [0.29, 0.717) is 28.7 Å². The summed E-state index contributed by atoms with van der Waals surface area (Å²) in [6.45, 7) is 3.88. The number of fused-ring (bicyclic) bond motifs is 1. The van der Waals surface area contributed by atoms with Crippen LogP contribution in [0.2, 0.25) is 0 Å². The monoisotopic (exact) mass is 703 g/mol. The number of carbonyl (C=O) groups excluding carboxylic acids is 1. The molecule has 4 aromatic carbocycles. The molecule has 1 atom stereocenters. The van der Waals surface area contributed by atoms with Gasteiger partial charge in [-0.25, -0.2) is 22.0 Å². The molecule has 12 nitrogen and oxygen atoms in total. The maximum absolute atomic E-state index is 13.3. The van der Waals surface area contributed by atoms with Crippen molar-refractivity contribution in [1.82, 2.24) is 0 Å². The van der Waals surface area contributed by atoms with E-state index in [0.717, 1.165) is 11.1 Å².